The number of rotatable bonds is 8. The lowest BCUT2D eigenvalue weighted by Crippen LogP contribution is -2.59. The average molecular weight is 517 g/mol. The number of thioether (sulfide) groups is 1. The van der Waals surface area contributed by atoms with Gasteiger partial charge in [0.1, 0.15) is 23.7 Å². The second-order valence-corrected chi connectivity index (χ2v) is 9.86. The molecule has 0 aromatic heterocycles. The highest BCUT2D eigenvalue weighted by molar-refractivity contribution is 7.99. The molecule has 0 aliphatic carbocycles. The molecule has 188 valence electrons. The van der Waals surface area contributed by atoms with Crippen molar-refractivity contribution in [2.75, 3.05) is 6.54 Å². The van der Waals surface area contributed by atoms with Crippen LogP contribution in [0.25, 0.3) is 10.4 Å². The molecule has 5 rings (SSSR count). The van der Waals surface area contributed by atoms with Crippen LogP contribution in [0.1, 0.15) is 26.3 Å². The van der Waals surface area contributed by atoms with Gasteiger partial charge in [0.25, 0.3) is 11.8 Å². The number of aliphatic hydroxyl groups excluding tert-OH is 1. The van der Waals surface area contributed by atoms with Gasteiger partial charge in [0, 0.05) is 9.81 Å². The van der Waals surface area contributed by atoms with Gasteiger partial charge in [-0.1, -0.05) is 77.5 Å². The van der Waals surface area contributed by atoms with Gasteiger partial charge in [0.05, 0.1) is 30.4 Å². The molecule has 0 bridgehead atoms. The minimum absolute atomic E-state index is 0.169. The van der Waals surface area contributed by atoms with Gasteiger partial charge in [0.2, 0.25) is 0 Å². The van der Waals surface area contributed by atoms with Gasteiger partial charge in [-0.3, -0.25) is 14.5 Å². The van der Waals surface area contributed by atoms with Crippen LogP contribution < -0.4 is 0 Å². The first-order valence-electron chi connectivity index (χ1n) is 11.8. The molecule has 2 heterocycles. The van der Waals surface area contributed by atoms with Crippen molar-refractivity contribution in [3.8, 4) is 0 Å². The first kappa shape index (κ1) is 25.0. The number of benzene rings is 3. The largest absolute Gasteiger partial charge is 0.388 e. The number of ether oxygens (including phenoxy) is 2. The van der Waals surface area contributed by atoms with Crippen LogP contribution in [0, 0.1) is 0 Å². The maximum Gasteiger partial charge on any atom is 0.261 e. The van der Waals surface area contributed by atoms with E-state index in [2.05, 4.69) is 10.0 Å². The monoisotopic (exact) mass is 516 g/mol. The molecule has 0 saturated carbocycles. The third kappa shape index (κ3) is 5.24. The molecule has 5 atom stereocenters. The summed E-state index contributed by atoms with van der Waals surface area (Å²) in [5.41, 5.74) is 10.1. The molecule has 3 aromatic carbocycles. The van der Waals surface area contributed by atoms with E-state index in [0.717, 1.165) is 15.4 Å². The predicted octanol–water partition coefficient (Wildman–Crippen LogP) is 4.43. The van der Waals surface area contributed by atoms with Gasteiger partial charge in [-0.25, -0.2) is 0 Å². The second kappa shape index (κ2) is 11.2. The SMILES string of the molecule is [N-]=[N+]=N[C@@H]1[C@@H](OCc2ccccc2)[C@H](O)[C@@H](CN2C(=O)c3ccccc3C2=O)O[C@H]1Sc1ccccc1. The summed E-state index contributed by atoms with van der Waals surface area (Å²) < 4.78 is 12.4. The Hall–Kier alpha value is -3.66. The van der Waals surface area contributed by atoms with E-state index in [9.17, 15) is 20.2 Å². The van der Waals surface area contributed by atoms with Gasteiger partial charge in [-0.2, -0.15) is 0 Å². The van der Waals surface area contributed by atoms with Crippen molar-refractivity contribution in [2.45, 2.75) is 41.3 Å². The van der Waals surface area contributed by atoms with Crippen LogP contribution in [0.3, 0.4) is 0 Å². The molecular formula is C27H24N4O5S. The highest BCUT2D eigenvalue weighted by Gasteiger charge is 2.48. The van der Waals surface area contributed by atoms with E-state index in [1.165, 1.54) is 11.8 Å². The maximum absolute atomic E-state index is 13.0. The van der Waals surface area contributed by atoms with Gasteiger partial charge in [-0.15, -0.1) is 0 Å². The zero-order chi connectivity index (χ0) is 25.8. The minimum atomic E-state index is -1.27. The maximum atomic E-state index is 13.0. The van der Waals surface area contributed by atoms with Crippen molar-refractivity contribution in [3.05, 3.63) is 112 Å². The van der Waals surface area contributed by atoms with E-state index >= 15 is 0 Å². The summed E-state index contributed by atoms with van der Waals surface area (Å²) in [4.78, 5) is 30.9. The molecule has 0 spiro atoms. The summed E-state index contributed by atoms with van der Waals surface area (Å²) in [7, 11) is 0. The van der Waals surface area contributed by atoms with E-state index in [0.29, 0.717) is 11.1 Å². The summed E-state index contributed by atoms with van der Waals surface area (Å²) in [6.45, 7) is -0.00395. The van der Waals surface area contributed by atoms with Crippen molar-refractivity contribution in [1.82, 2.24) is 4.90 Å². The fraction of sp³-hybridized carbons (Fsp3) is 0.259. The normalized spacial score (nSPS) is 25.0. The van der Waals surface area contributed by atoms with Crippen molar-refractivity contribution >= 4 is 23.6 Å². The van der Waals surface area contributed by atoms with Gasteiger partial charge >= 0.3 is 0 Å². The van der Waals surface area contributed by atoms with Crippen LogP contribution in [0.5, 0.6) is 0 Å². The zero-order valence-electron chi connectivity index (χ0n) is 19.7. The highest BCUT2D eigenvalue weighted by Crippen LogP contribution is 2.37. The van der Waals surface area contributed by atoms with Crippen molar-refractivity contribution in [1.29, 1.82) is 0 Å². The second-order valence-electron chi connectivity index (χ2n) is 8.69. The summed E-state index contributed by atoms with van der Waals surface area (Å²) in [5.74, 6) is -0.884. The molecule has 37 heavy (non-hydrogen) atoms. The van der Waals surface area contributed by atoms with Crippen molar-refractivity contribution in [2.24, 2.45) is 5.11 Å². The van der Waals surface area contributed by atoms with E-state index in [-0.39, 0.29) is 13.2 Å². The molecule has 9 nitrogen and oxygen atoms in total. The van der Waals surface area contributed by atoms with E-state index in [4.69, 9.17) is 9.47 Å². The average Bonchev–Trinajstić information content (AvgIpc) is 3.17. The molecule has 1 N–H and O–H groups in total. The Balaban J connectivity index is 1.43. The van der Waals surface area contributed by atoms with Crippen molar-refractivity contribution in [3.63, 3.8) is 0 Å². The van der Waals surface area contributed by atoms with Gasteiger partial charge in [0.15, 0.2) is 0 Å². The molecule has 3 aromatic rings. The molecule has 1 fully saturated rings. The molecule has 0 radical (unpaired) electrons. The number of nitrogens with zero attached hydrogens (tertiary/aromatic N) is 4. The lowest BCUT2D eigenvalue weighted by atomic mass is 9.97. The fourth-order valence-electron chi connectivity index (χ4n) is 4.51. The first-order chi connectivity index (χ1) is 18.1. The van der Waals surface area contributed by atoms with Crippen molar-refractivity contribution < 1.29 is 24.2 Å². The smallest absolute Gasteiger partial charge is 0.261 e. The Morgan fingerprint density at radius 2 is 1.54 bits per heavy atom. The number of aliphatic hydroxyl groups is 1. The van der Waals surface area contributed by atoms with Gasteiger partial charge < -0.3 is 14.6 Å². The standard InChI is InChI=1S/C27H24N4O5S/c28-30-29-22-24(35-16-17-9-3-1-4-10-17)23(32)21(36-27(22)37-18-11-5-2-6-12-18)15-31-25(33)19-13-7-8-14-20(19)26(31)34/h1-14,21-24,27,32H,15-16H2/t21-,22-,23-,24-,27+/m1/s1. The molecule has 10 heteroatoms. The van der Waals surface area contributed by atoms with Crippen LogP contribution in [-0.4, -0.2) is 58.2 Å². The van der Waals surface area contributed by atoms with Crippen LogP contribution in [0.4, 0.5) is 0 Å². The number of fused-ring (bicyclic) bond motifs is 1. The lowest BCUT2D eigenvalue weighted by Gasteiger charge is -2.43. The van der Waals surface area contributed by atoms with Gasteiger partial charge in [-0.05, 0) is 35.4 Å². The Morgan fingerprint density at radius 1 is 0.946 bits per heavy atom. The Labute approximate surface area is 217 Å². The Kier molecular flexibility index (Phi) is 7.55. The number of hydrogen-bond donors (Lipinski definition) is 1. The Bertz CT molecular complexity index is 1280. The predicted molar refractivity (Wildman–Crippen MR) is 137 cm³/mol. The minimum Gasteiger partial charge on any atom is -0.388 e. The number of carbonyl (C=O) groups excluding carboxylic acids is 2. The molecule has 0 unspecified atom stereocenters. The number of hydrogen-bond acceptors (Lipinski definition) is 7. The van der Waals surface area contributed by atoms with E-state index < -0.39 is 41.6 Å². The van der Waals surface area contributed by atoms with Crippen LogP contribution in [0.2, 0.25) is 0 Å². The summed E-state index contributed by atoms with van der Waals surface area (Å²) in [6, 6.07) is 24.6. The van der Waals surface area contributed by atoms with Crippen LogP contribution in [-0.2, 0) is 16.1 Å². The highest BCUT2D eigenvalue weighted by atomic mass is 32.2. The number of amides is 2. The third-order valence-corrected chi connectivity index (χ3v) is 7.51. The molecular weight excluding hydrogens is 492 g/mol. The molecule has 1 saturated heterocycles. The number of imide groups is 1. The lowest BCUT2D eigenvalue weighted by molar-refractivity contribution is -0.177. The summed E-state index contributed by atoms with van der Waals surface area (Å²) in [5, 5.41) is 15.3. The summed E-state index contributed by atoms with van der Waals surface area (Å²) >= 11 is 1.32. The van der Waals surface area contributed by atoms with E-state index in [1.807, 2.05) is 60.7 Å². The molecule has 2 aliphatic rings. The topological polar surface area (TPSA) is 125 Å². The van der Waals surface area contributed by atoms with Crippen LogP contribution in [0.15, 0.2) is 94.9 Å². The molecule has 2 amide bonds. The number of azide groups is 1. The fourth-order valence-corrected chi connectivity index (χ4v) is 5.64. The quantitative estimate of drug-likeness (QED) is 0.204. The molecule has 2 aliphatic heterocycles. The first-order valence-corrected chi connectivity index (χ1v) is 12.6. The Morgan fingerprint density at radius 3 is 2.16 bits per heavy atom. The third-order valence-electron chi connectivity index (χ3n) is 6.35. The zero-order valence-corrected chi connectivity index (χ0v) is 20.5. The van der Waals surface area contributed by atoms with Crippen LogP contribution >= 0.6 is 11.8 Å². The summed E-state index contributed by atoms with van der Waals surface area (Å²) in [6.07, 6.45) is -3.17. The number of carbonyl (C=O) groups is 2. The van der Waals surface area contributed by atoms with E-state index in [1.54, 1.807) is 24.3 Å².